The fourth-order valence-electron chi connectivity index (χ4n) is 3.30. The summed E-state index contributed by atoms with van der Waals surface area (Å²) in [6.07, 6.45) is 1.15. The predicted octanol–water partition coefficient (Wildman–Crippen LogP) is 2.04. The van der Waals surface area contributed by atoms with E-state index in [-0.39, 0.29) is 17.9 Å². The van der Waals surface area contributed by atoms with Gasteiger partial charge in [0.2, 0.25) is 5.91 Å². The van der Waals surface area contributed by atoms with Crippen LogP contribution in [0.15, 0.2) is 24.3 Å². The Morgan fingerprint density at radius 1 is 1.09 bits per heavy atom. The molecule has 0 radical (unpaired) electrons. The molecule has 0 saturated carbocycles. The first-order valence-corrected chi connectivity index (χ1v) is 11.6. The molecule has 0 aliphatic carbocycles. The summed E-state index contributed by atoms with van der Waals surface area (Å²) in [5.74, 6) is -1.12. The summed E-state index contributed by atoms with van der Waals surface area (Å²) < 4.78 is 10.2. The van der Waals surface area contributed by atoms with Crippen LogP contribution >= 0.6 is 0 Å². The van der Waals surface area contributed by atoms with E-state index < -0.39 is 29.7 Å². The number of ether oxygens (including phenoxy) is 2. The average molecular weight is 494 g/mol. The first-order valence-electron chi connectivity index (χ1n) is 11.6. The molecule has 0 aliphatic rings. The van der Waals surface area contributed by atoms with Crippen molar-refractivity contribution < 1.29 is 28.7 Å². The largest absolute Gasteiger partial charge is 0.469 e. The zero-order valence-electron chi connectivity index (χ0n) is 21.2. The van der Waals surface area contributed by atoms with Crippen LogP contribution < -0.4 is 27.4 Å². The Morgan fingerprint density at radius 2 is 1.71 bits per heavy atom. The van der Waals surface area contributed by atoms with Crippen LogP contribution in [-0.2, 0) is 25.5 Å². The van der Waals surface area contributed by atoms with Crippen molar-refractivity contribution >= 4 is 29.7 Å². The molecular formula is C24H39N5O6. The number of amides is 4. The number of carbonyl (C=O) groups excluding carboxylic acids is 4. The number of alkyl carbamates (subject to hydrolysis) is 1. The highest BCUT2D eigenvalue weighted by atomic mass is 16.6. The summed E-state index contributed by atoms with van der Waals surface area (Å²) in [6, 6.07) is 5.40. The van der Waals surface area contributed by atoms with Crippen LogP contribution in [-0.4, -0.2) is 55.3 Å². The fraction of sp³-hybridized carbons (Fsp3) is 0.583. The molecule has 1 aromatic carbocycles. The quantitative estimate of drug-likeness (QED) is 0.219. The molecule has 0 bridgehead atoms. The maximum absolute atomic E-state index is 12.3. The van der Waals surface area contributed by atoms with Crippen molar-refractivity contribution in [2.24, 2.45) is 17.4 Å². The summed E-state index contributed by atoms with van der Waals surface area (Å²) in [5.41, 5.74) is 11.7. The average Bonchev–Trinajstić information content (AvgIpc) is 2.75. The van der Waals surface area contributed by atoms with Gasteiger partial charge >= 0.3 is 18.1 Å². The van der Waals surface area contributed by atoms with Crippen molar-refractivity contribution in [2.45, 2.75) is 71.1 Å². The van der Waals surface area contributed by atoms with Gasteiger partial charge in [-0.25, -0.2) is 9.59 Å². The Kier molecular flexibility index (Phi) is 12.0. The molecule has 1 rings (SSSR count). The lowest BCUT2D eigenvalue weighted by atomic mass is 9.96. The smallest absolute Gasteiger partial charge is 0.407 e. The monoisotopic (exact) mass is 493 g/mol. The maximum Gasteiger partial charge on any atom is 0.407 e. The number of esters is 1. The minimum atomic E-state index is -0.730. The molecule has 0 aliphatic heterocycles. The molecule has 7 N–H and O–H groups in total. The maximum atomic E-state index is 12.3. The number of primary amides is 1. The number of rotatable bonds is 12. The van der Waals surface area contributed by atoms with Crippen molar-refractivity contribution in [3.05, 3.63) is 29.8 Å². The van der Waals surface area contributed by atoms with Gasteiger partial charge in [0.1, 0.15) is 5.60 Å². The molecule has 0 spiro atoms. The number of carbonyl (C=O) groups is 4. The number of methoxy groups -OCH3 is 1. The highest BCUT2D eigenvalue weighted by Gasteiger charge is 2.24. The first kappa shape index (κ1) is 29.7. The lowest BCUT2D eigenvalue weighted by molar-refractivity contribution is -0.145. The molecule has 1 aromatic rings. The number of nitrogens with two attached hydrogens (primary N) is 2. The summed E-state index contributed by atoms with van der Waals surface area (Å²) >= 11 is 0. The van der Waals surface area contributed by atoms with Crippen LogP contribution in [0.3, 0.4) is 0 Å². The summed E-state index contributed by atoms with van der Waals surface area (Å²) in [7, 11) is 1.33. The Morgan fingerprint density at radius 3 is 2.26 bits per heavy atom. The van der Waals surface area contributed by atoms with E-state index in [0.29, 0.717) is 37.9 Å². The second-order valence-corrected chi connectivity index (χ2v) is 9.43. The molecule has 4 amide bonds. The molecule has 0 fully saturated rings. The van der Waals surface area contributed by atoms with Gasteiger partial charge in [0.15, 0.2) is 0 Å². The highest BCUT2D eigenvalue weighted by Crippen LogP contribution is 2.17. The minimum absolute atomic E-state index is 0.340. The van der Waals surface area contributed by atoms with Crippen LogP contribution in [0.4, 0.5) is 15.3 Å². The van der Waals surface area contributed by atoms with E-state index in [2.05, 4.69) is 16.0 Å². The first-order chi connectivity index (χ1) is 16.3. The van der Waals surface area contributed by atoms with Gasteiger partial charge in [0.05, 0.1) is 19.1 Å². The fourth-order valence-corrected chi connectivity index (χ4v) is 3.30. The van der Waals surface area contributed by atoms with Crippen molar-refractivity contribution in [1.29, 1.82) is 0 Å². The summed E-state index contributed by atoms with van der Waals surface area (Å²) in [6.45, 7) is 7.40. The summed E-state index contributed by atoms with van der Waals surface area (Å²) in [4.78, 5) is 47.2. The van der Waals surface area contributed by atoms with E-state index in [0.717, 1.165) is 5.56 Å². The predicted molar refractivity (Wildman–Crippen MR) is 133 cm³/mol. The third-order valence-electron chi connectivity index (χ3n) is 4.99. The number of urea groups is 1. The van der Waals surface area contributed by atoms with Crippen molar-refractivity contribution in [3.63, 3.8) is 0 Å². The van der Waals surface area contributed by atoms with Gasteiger partial charge in [-0.3, -0.25) is 9.59 Å². The molecule has 3 atom stereocenters. The van der Waals surface area contributed by atoms with Gasteiger partial charge < -0.3 is 36.9 Å². The second kappa shape index (κ2) is 14.1. The third-order valence-corrected chi connectivity index (χ3v) is 4.99. The van der Waals surface area contributed by atoms with Gasteiger partial charge in [-0.1, -0.05) is 19.1 Å². The molecule has 0 heterocycles. The van der Waals surface area contributed by atoms with Crippen molar-refractivity contribution in [1.82, 2.24) is 10.6 Å². The molecule has 196 valence electrons. The van der Waals surface area contributed by atoms with Crippen LogP contribution in [0.1, 0.15) is 52.5 Å². The zero-order valence-corrected chi connectivity index (χ0v) is 21.2. The van der Waals surface area contributed by atoms with Gasteiger partial charge in [-0.2, -0.15) is 0 Å². The third kappa shape index (κ3) is 12.6. The minimum Gasteiger partial charge on any atom is -0.469 e. The number of nitrogens with one attached hydrogen (secondary N) is 3. The van der Waals surface area contributed by atoms with Gasteiger partial charge in [-0.05, 0) is 64.2 Å². The molecule has 1 unspecified atom stereocenters. The Balaban J connectivity index is 2.74. The lowest BCUT2D eigenvalue weighted by Crippen LogP contribution is -2.41. The molecule has 11 nitrogen and oxygen atoms in total. The number of benzene rings is 1. The number of hydrogen-bond acceptors (Lipinski definition) is 7. The SMILES string of the molecule is COC(=O)C(C)C[C@H](Cc1ccc(NC(=O)[C@@H](N)CCCNC(N)=O)cc1)NC(=O)OC(C)(C)C. The van der Waals surface area contributed by atoms with Crippen LogP contribution in [0, 0.1) is 5.92 Å². The topological polar surface area (TPSA) is 175 Å². The zero-order chi connectivity index (χ0) is 26.6. The molecule has 0 aromatic heterocycles. The van der Waals surface area contributed by atoms with E-state index in [1.807, 2.05) is 12.1 Å². The molecule has 35 heavy (non-hydrogen) atoms. The van der Waals surface area contributed by atoms with Crippen molar-refractivity contribution in [3.8, 4) is 0 Å². The Labute approximate surface area is 206 Å². The van der Waals surface area contributed by atoms with E-state index in [9.17, 15) is 19.2 Å². The van der Waals surface area contributed by atoms with Crippen LogP contribution in [0.2, 0.25) is 0 Å². The van der Waals surface area contributed by atoms with E-state index in [4.69, 9.17) is 20.9 Å². The van der Waals surface area contributed by atoms with Gasteiger partial charge in [-0.15, -0.1) is 0 Å². The van der Waals surface area contributed by atoms with Crippen LogP contribution in [0.5, 0.6) is 0 Å². The van der Waals surface area contributed by atoms with E-state index in [1.165, 1.54) is 7.11 Å². The standard InChI is InChI=1S/C24H39N5O6/c1-15(21(31)34-5)13-18(29-23(33)35-24(2,3)4)14-16-8-10-17(11-9-16)28-20(30)19(25)7-6-12-27-22(26)32/h8-11,15,18-19H,6-7,12-14,25H2,1-5H3,(H,28,30)(H,29,33)(H3,26,27,32)/t15?,18-,19+/m1/s1. The number of hydrogen-bond donors (Lipinski definition) is 5. The number of anilines is 1. The summed E-state index contributed by atoms with van der Waals surface area (Å²) in [5, 5.41) is 8.04. The molecular weight excluding hydrogens is 454 g/mol. The van der Waals surface area contributed by atoms with Gasteiger partial charge in [0, 0.05) is 18.3 Å². The lowest BCUT2D eigenvalue weighted by Gasteiger charge is -2.25. The Bertz CT molecular complexity index is 853. The highest BCUT2D eigenvalue weighted by molar-refractivity contribution is 5.94. The molecule has 11 heteroatoms. The normalized spacial score (nSPS) is 13.7. The van der Waals surface area contributed by atoms with E-state index >= 15 is 0 Å². The second-order valence-electron chi connectivity index (χ2n) is 9.43. The van der Waals surface area contributed by atoms with Crippen LogP contribution in [0.25, 0.3) is 0 Å². The molecule has 0 saturated heterocycles. The van der Waals surface area contributed by atoms with Crippen molar-refractivity contribution in [2.75, 3.05) is 19.0 Å². The Hall–Kier alpha value is -3.34. The van der Waals surface area contributed by atoms with E-state index in [1.54, 1.807) is 39.8 Å². The van der Waals surface area contributed by atoms with Gasteiger partial charge in [0.25, 0.3) is 0 Å².